The van der Waals surface area contributed by atoms with E-state index in [-0.39, 0.29) is 41.6 Å². The summed E-state index contributed by atoms with van der Waals surface area (Å²) in [5, 5.41) is 2.94. The summed E-state index contributed by atoms with van der Waals surface area (Å²) < 4.78 is 34.5. The van der Waals surface area contributed by atoms with E-state index in [0.717, 1.165) is 24.1 Å². The normalized spacial score (nSPS) is 24.2. The van der Waals surface area contributed by atoms with E-state index in [1.807, 2.05) is 67.7 Å². The van der Waals surface area contributed by atoms with E-state index in [2.05, 4.69) is 21.5 Å². The fourth-order valence-corrected chi connectivity index (χ4v) is 6.64. The van der Waals surface area contributed by atoms with Crippen molar-refractivity contribution in [3.63, 3.8) is 0 Å². The zero-order valence-electron chi connectivity index (χ0n) is 23.0. The monoisotopic (exact) mass is 573 g/mol. The molecule has 214 valence electrons. The smallest absolute Gasteiger partial charge is 0.264 e. The Balaban J connectivity index is 1.30. The predicted molar refractivity (Wildman–Crippen MR) is 157 cm³/mol. The number of sulfonamides is 1. The number of piperidine rings is 1. The van der Waals surface area contributed by atoms with Crippen LogP contribution in [0.15, 0.2) is 102 Å². The van der Waals surface area contributed by atoms with Gasteiger partial charge in [-0.05, 0) is 55.6 Å². The average Bonchev–Trinajstić information content (AvgIpc) is 3.71. The molecule has 0 spiro atoms. The van der Waals surface area contributed by atoms with Crippen molar-refractivity contribution < 1.29 is 22.7 Å². The average molecular weight is 574 g/mol. The van der Waals surface area contributed by atoms with Gasteiger partial charge < -0.3 is 15.0 Å². The molecule has 3 aromatic carbocycles. The van der Waals surface area contributed by atoms with Crippen molar-refractivity contribution in [1.29, 1.82) is 0 Å². The van der Waals surface area contributed by atoms with Gasteiger partial charge in [0.2, 0.25) is 5.91 Å². The van der Waals surface area contributed by atoms with Crippen LogP contribution >= 0.6 is 0 Å². The molecule has 1 aliphatic carbocycles. The first-order valence-electron chi connectivity index (χ1n) is 13.7. The van der Waals surface area contributed by atoms with Gasteiger partial charge in [0, 0.05) is 18.5 Å². The van der Waals surface area contributed by atoms with Crippen LogP contribution < -0.4 is 14.8 Å². The molecule has 9 heteroatoms. The third-order valence-electron chi connectivity index (χ3n) is 8.02. The van der Waals surface area contributed by atoms with Crippen molar-refractivity contribution in [2.75, 3.05) is 20.1 Å². The summed E-state index contributed by atoms with van der Waals surface area (Å²) in [5.74, 6) is -1.45. The fraction of sp³-hybridized carbons (Fsp3) is 0.312. The molecule has 0 radical (unpaired) electrons. The van der Waals surface area contributed by atoms with Gasteiger partial charge in [-0.2, -0.15) is 0 Å². The molecule has 2 amide bonds. The lowest BCUT2D eigenvalue weighted by Gasteiger charge is -2.37. The molecule has 1 heterocycles. The summed E-state index contributed by atoms with van der Waals surface area (Å²) in [7, 11) is -2.27. The molecule has 5 rings (SSSR count). The first kappa shape index (κ1) is 28.6. The van der Waals surface area contributed by atoms with E-state index < -0.39 is 21.5 Å². The molecule has 1 saturated carbocycles. The third kappa shape index (κ3) is 6.36. The maximum atomic E-state index is 13.7. The van der Waals surface area contributed by atoms with Crippen LogP contribution in [-0.4, -0.2) is 50.8 Å². The summed E-state index contributed by atoms with van der Waals surface area (Å²) in [4.78, 5) is 29.2. The van der Waals surface area contributed by atoms with Crippen molar-refractivity contribution >= 4 is 21.8 Å². The lowest BCUT2D eigenvalue weighted by atomic mass is 9.80. The Labute approximate surface area is 241 Å². The van der Waals surface area contributed by atoms with Gasteiger partial charge in [0.1, 0.15) is 17.9 Å². The van der Waals surface area contributed by atoms with Crippen LogP contribution in [0.25, 0.3) is 0 Å². The molecule has 0 aromatic heterocycles. The zero-order chi connectivity index (χ0) is 29.0. The SMILES string of the molecule is C=C[C@@H]1C[C@]1(NC(=O)[C@@H]1CN(C)CC[C@H]1c1ccccc1)C(=O)NS(=O)(=O)c1cccc(OCc2ccccc2)c1. The number of ether oxygens (including phenoxy) is 1. The maximum absolute atomic E-state index is 13.7. The highest BCUT2D eigenvalue weighted by atomic mass is 32.2. The Morgan fingerprint density at radius 2 is 1.76 bits per heavy atom. The molecule has 0 bridgehead atoms. The first-order chi connectivity index (χ1) is 19.7. The lowest BCUT2D eigenvalue weighted by Crippen LogP contribution is -2.55. The highest BCUT2D eigenvalue weighted by Gasteiger charge is 2.61. The molecule has 2 N–H and O–H groups in total. The van der Waals surface area contributed by atoms with E-state index in [4.69, 9.17) is 4.74 Å². The summed E-state index contributed by atoms with van der Waals surface area (Å²) in [6, 6.07) is 25.4. The van der Waals surface area contributed by atoms with Gasteiger partial charge in [-0.25, -0.2) is 13.1 Å². The van der Waals surface area contributed by atoms with Crippen LogP contribution in [-0.2, 0) is 26.2 Å². The number of nitrogens with zero attached hydrogens (tertiary/aromatic N) is 1. The van der Waals surface area contributed by atoms with Gasteiger partial charge in [0.05, 0.1) is 10.8 Å². The molecular formula is C32H35N3O5S. The van der Waals surface area contributed by atoms with Crippen LogP contribution in [0.3, 0.4) is 0 Å². The molecule has 1 aliphatic heterocycles. The van der Waals surface area contributed by atoms with Crippen molar-refractivity contribution in [3.05, 3.63) is 109 Å². The fourth-order valence-electron chi connectivity index (χ4n) is 5.57. The summed E-state index contributed by atoms with van der Waals surface area (Å²) in [6.45, 7) is 5.47. The summed E-state index contributed by atoms with van der Waals surface area (Å²) in [6.07, 6.45) is 2.67. The molecule has 2 fully saturated rings. The number of carbonyl (C=O) groups excluding carboxylic acids is 2. The Bertz CT molecular complexity index is 1510. The molecule has 1 saturated heterocycles. The molecular weight excluding hydrogens is 538 g/mol. The third-order valence-corrected chi connectivity index (χ3v) is 9.35. The molecule has 0 unspecified atom stereocenters. The van der Waals surface area contributed by atoms with Crippen LogP contribution in [0.1, 0.15) is 29.9 Å². The summed E-state index contributed by atoms with van der Waals surface area (Å²) >= 11 is 0. The Morgan fingerprint density at radius 3 is 2.44 bits per heavy atom. The second kappa shape index (κ2) is 11.9. The number of amides is 2. The highest BCUT2D eigenvalue weighted by molar-refractivity contribution is 7.90. The minimum Gasteiger partial charge on any atom is -0.489 e. The number of likely N-dealkylation sites (tertiary alicyclic amines) is 1. The quantitative estimate of drug-likeness (QED) is 0.357. The maximum Gasteiger partial charge on any atom is 0.264 e. The van der Waals surface area contributed by atoms with Gasteiger partial charge in [-0.15, -0.1) is 6.58 Å². The van der Waals surface area contributed by atoms with E-state index >= 15 is 0 Å². The lowest BCUT2D eigenvalue weighted by molar-refractivity contribution is -0.133. The van der Waals surface area contributed by atoms with E-state index in [0.29, 0.717) is 12.3 Å². The van der Waals surface area contributed by atoms with Crippen LogP contribution in [0.2, 0.25) is 0 Å². The minimum absolute atomic E-state index is 0.00389. The van der Waals surface area contributed by atoms with Crippen molar-refractivity contribution in [2.45, 2.75) is 35.8 Å². The highest BCUT2D eigenvalue weighted by Crippen LogP contribution is 2.46. The van der Waals surface area contributed by atoms with E-state index in [9.17, 15) is 18.0 Å². The molecule has 4 atom stereocenters. The number of hydrogen-bond acceptors (Lipinski definition) is 6. The zero-order valence-corrected chi connectivity index (χ0v) is 23.8. The number of benzene rings is 3. The Kier molecular flexibility index (Phi) is 8.28. The van der Waals surface area contributed by atoms with Crippen LogP contribution in [0.4, 0.5) is 0 Å². The first-order valence-corrected chi connectivity index (χ1v) is 15.2. The van der Waals surface area contributed by atoms with Crippen molar-refractivity contribution in [2.24, 2.45) is 11.8 Å². The Hall–Kier alpha value is -3.95. The Morgan fingerprint density at radius 1 is 1.05 bits per heavy atom. The van der Waals surface area contributed by atoms with Gasteiger partial charge in [-0.1, -0.05) is 72.8 Å². The predicted octanol–water partition coefficient (Wildman–Crippen LogP) is 3.87. The molecule has 41 heavy (non-hydrogen) atoms. The van der Waals surface area contributed by atoms with Crippen molar-refractivity contribution in [3.8, 4) is 5.75 Å². The van der Waals surface area contributed by atoms with Gasteiger partial charge in [0.25, 0.3) is 15.9 Å². The molecule has 3 aromatic rings. The largest absolute Gasteiger partial charge is 0.489 e. The van der Waals surface area contributed by atoms with E-state index in [1.54, 1.807) is 18.2 Å². The second-order valence-corrected chi connectivity index (χ2v) is 12.5. The second-order valence-electron chi connectivity index (χ2n) is 10.9. The topological polar surface area (TPSA) is 105 Å². The van der Waals surface area contributed by atoms with Gasteiger partial charge in [0.15, 0.2) is 0 Å². The standard InChI is InChI=1S/C32H35N3O5S/c1-3-25-20-32(25,33-30(36)29-21-35(2)18-17-28(29)24-13-8-5-9-14-24)31(37)34-41(38,39)27-16-10-15-26(19-27)40-22-23-11-6-4-7-12-23/h3-16,19,25,28-29H,1,17-18,20-22H2,2H3,(H,33,36)(H,34,37)/t25-,28+,29-,32-/m1/s1. The van der Waals surface area contributed by atoms with Gasteiger partial charge >= 0.3 is 0 Å². The minimum atomic E-state index is -4.24. The number of carbonyl (C=O) groups is 2. The summed E-state index contributed by atoms with van der Waals surface area (Å²) in [5.41, 5.74) is 0.645. The number of rotatable bonds is 10. The van der Waals surface area contributed by atoms with Crippen LogP contribution in [0, 0.1) is 11.8 Å². The molecule has 8 nitrogen and oxygen atoms in total. The van der Waals surface area contributed by atoms with Crippen LogP contribution in [0.5, 0.6) is 5.75 Å². The number of nitrogens with one attached hydrogen (secondary N) is 2. The van der Waals surface area contributed by atoms with Crippen molar-refractivity contribution in [1.82, 2.24) is 14.9 Å². The van der Waals surface area contributed by atoms with E-state index in [1.165, 1.54) is 12.1 Å². The number of hydrogen-bond donors (Lipinski definition) is 2. The van der Waals surface area contributed by atoms with Gasteiger partial charge in [-0.3, -0.25) is 9.59 Å². The molecule has 2 aliphatic rings.